The molecule has 1 unspecified atom stereocenters. The van der Waals surface area contributed by atoms with Crippen molar-refractivity contribution in [2.24, 2.45) is 0 Å². The Kier molecular flexibility index (Phi) is 4.67. The highest BCUT2D eigenvalue weighted by atomic mass is 19.1. The Morgan fingerprint density at radius 3 is 2.31 bits per heavy atom. The van der Waals surface area contributed by atoms with Gasteiger partial charge in [0.05, 0.1) is 7.11 Å². The summed E-state index contributed by atoms with van der Waals surface area (Å²) in [5, 5.41) is 9.92. The van der Waals surface area contributed by atoms with Gasteiger partial charge in [0.1, 0.15) is 17.7 Å². The van der Waals surface area contributed by atoms with Gasteiger partial charge in [0.2, 0.25) is 0 Å². The van der Waals surface area contributed by atoms with Crippen molar-refractivity contribution in [2.75, 3.05) is 21.3 Å². The fourth-order valence-corrected chi connectivity index (χ4v) is 1.44. The number of methoxy groups -OCH3 is 3. The van der Waals surface area contributed by atoms with Crippen molar-refractivity contribution < 1.29 is 23.7 Å². The standard InChI is InChI=1S/C11H15FO4/c1-14-9-5-4-7(12)6-8(9)10(13)11(15-2)16-3/h4-6,10-11,13H,1-3H3. The van der Waals surface area contributed by atoms with Gasteiger partial charge in [0, 0.05) is 19.8 Å². The number of aliphatic hydroxyl groups excluding tert-OH is 1. The summed E-state index contributed by atoms with van der Waals surface area (Å²) in [7, 11) is 4.23. The van der Waals surface area contributed by atoms with Gasteiger partial charge in [0.25, 0.3) is 0 Å². The van der Waals surface area contributed by atoms with Gasteiger partial charge in [-0.25, -0.2) is 4.39 Å². The third-order valence-corrected chi connectivity index (χ3v) is 2.23. The molecule has 16 heavy (non-hydrogen) atoms. The van der Waals surface area contributed by atoms with E-state index in [0.29, 0.717) is 5.75 Å². The van der Waals surface area contributed by atoms with Crippen LogP contribution in [0.25, 0.3) is 0 Å². The summed E-state index contributed by atoms with van der Waals surface area (Å²) in [5.41, 5.74) is 0.288. The molecule has 0 saturated heterocycles. The first-order valence-corrected chi connectivity index (χ1v) is 4.71. The van der Waals surface area contributed by atoms with Crippen LogP contribution < -0.4 is 4.74 Å². The highest BCUT2D eigenvalue weighted by molar-refractivity contribution is 5.36. The van der Waals surface area contributed by atoms with Crippen LogP contribution in [0.1, 0.15) is 11.7 Å². The number of aliphatic hydroxyl groups is 1. The van der Waals surface area contributed by atoms with Crippen LogP contribution in [0.5, 0.6) is 5.75 Å². The Morgan fingerprint density at radius 2 is 1.81 bits per heavy atom. The molecule has 0 heterocycles. The van der Waals surface area contributed by atoms with E-state index in [-0.39, 0.29) is 5.56 Å². The van der Waals surface area contributed by atoms with E-state index in [2.05, 4.69) is 0 Å². The van der Waals surface area contributed by atoms with Crippen molar-refractivity contribution in [3.8, 4) is 5.75 Å². The highest BCUT2D eigenvalue weighted by Gasteiger charge is 2.23. The Balaban J connectivity index is 3.04. The Hall–Kier alpha value is -1.17. The maximum absolute atomic E-state index is 13.1. The lowest BCUT2D eigenvalue weighted by Crippen LogP contribution is -2.23. The summed E-state index contributed by atoms with van der Waals surface area (Å²) in [6, 6.07) is 3.88. The summed E-state index contributed by atoms with van der Waals surface area (Å²) < 4.78 is 27.9. The normalized spacial score (nSPS) is 12.9. The Bertz CT molecular complexity index is 339. The molecular weight excluding hydrogens is 215 g/mol. The summed E-state index contributed by atoms with van der Waals surface area (Å²) >= 11 is 0. The molecule has 0 bridgehead atoms. The van der Waals surface area contributed by atoms with Crippen molar-refractivity contribution in [3.05, 3.63) is 29.6 Å². The molecule has 1 rings (SSSR count). The minimum Gasteiger partial charge on any atom is -0.496 e. The third kappa shape index (κ3) is 2.69. The van der Waals surface area contributed by atoms with Crippen LogP contribution in [0.2, 0.25) is 0 Å². The van der Waals surface area contributed by atoms with Crippen LogP contribution in [0.4, 0.5) is 4.39 Å². The first-order valence-electron chi connectivity index (χ1n) is 4.71. The predicted octanol–water partition coefficient (Wildman–Crippen LogP) is 1.49. The largest absolute Gasteiger partial charge is 0.496 e. The molecule has 1 N–H and O–H groups in total. The Morgan fingerprint density at radius 1 is 1.19 bits per heavy atom. The van der Waals surface area contributed by atoms with E-state index in [9.17, 15) is 9.50 Å². The van der Waals surface area contributed by atoms with E-state index in [4.69, 9.17) is 14.2 Å². The van der Waals surface area contributed by atoms with Gasteiger partial charge in [-0.2, -0.15) is 0 Å². The van der Waals surface area contributed by atoms with E-state index in [1.807, 2.05) is 0 Å². The zero-order valence-electron chi connectivity index (χ0n) is 9.44. The van der Waals surface area contributed by atoms with Crippen molar-refractivity contribution >= 4 is 0 Å². The van der Waals surface area contributed by atoms with E-state index in [1.54, 1.807) is 0 Å². The van der Waals surface area contributed by atoms with Crippen LogP contribution >= 0.6 is 0 Å². The minimum absolute atomic E-state index is 0.288. The fourth-order valence-electron chi connectivity index (χ4n) is 1.44. The average molecular weight is 230 g/mol. The third-order valence-electron chi connectivity index (χ3n) is 2.23. The summed E-state index contributed by atoms with van der Waals surface area (Å²) in [6.45, 7) is 0. The van der Waals surface area contributed by atoms with E-state index in [1.165, 1.54) is 39.5 Å². The quantitative estimate of drug-likeness (QED) is 0.778. The molecule has 90 valence electrons. The second-order valence-electron chi connectivity index (χ2n) is 3.17. The lowest BCUT2D eigenvalue weighted by molar-refractivity contribution is -0.166. The van der Waals surface area contributed by atoms with E-state index >= 15 is 0 Å². The van der Waals surface area contributed by atoms with Gasteiger partial charge in [-0.15, -0.1) is 0 Å². The average Bonchev–Trinajstić information content (AvgIpc) is 2.30. The lowest BCUT2D eigenvalue weighted by atomic mass is 10.1. The summed E-state index contributed by atoms with van der Waals surface area (Å²) in [4.78, 5) is 0. The smallest absolute Gasteiger partial charge is 0.187 e. The van der Waals surface area contributed by atoms with Crippen LogP contribution in [-0.2, 0) is 9.47 Å². The first kappa shape index (κ1) is 12.9. The van der Waals surface area contributed by atoms with Crippen LogP contribution in [0.15, 0.2) is 18.2 Å². The molecule has 0 aromatic heterocycles. The number of rotatable bonds is 5. The molecule has 0 aliphatic heterocycles. The van der Waals surface area contributed by atoms with Crippen LogP contribution in [0, 0.1) is 5.82 Å². The SMILES string of the molecule is COc1ccc(F)cc1C(O)C(OC)OC. The molecule has 0 fully saturated rings. The summed E-state index contributed by atoms with van der Waals surface area (Å²) in [6.07, 6.45) is -1.98. The van der Waals surface area contributed by atoms with Crippen molar-refractivity contribution in [2.45, 2.75) is 12.4 Å². The van der Waals surface area contributed by atoms with Gasteiger partial charge in [0.15, 0.2) is 6.29 Å². The van der Waals surface area contributed by atoms with E-state index in [0.717, 1.165) is 0 Å². The van der Waals surface area contributed by atoms with Crippen molar-refractivity contribution in [1.82, 2.24) is 0 Å². The first-order chi connectivity index (χ1) is 7.63. The molecule has 1 aromatic rings. The molecule has 0 amide bonds. The second-order valence-corrected chi connectivity index (χ2v) is 3.17. The molecule has 4 nitrogen and oxygen atoms in total. The van der Waals surface area contributed by atoms with Crippen molar-refractivity contribution in [3.63, 3.8) is 0 Å². The second kappa shape index (κ2) is 5.79. The zero-order chi connectivity index (χ0) is 12.1. The van der Waals surface area contributed by atoms with Gasteiger partial charge in [-0.3, -0.25) is 0 Å². The van der Waals surface area contributed by atoms with Crippen molar-refractivity contribution in [1.29, 1.82) is 0 Å². The molecular formula is C11H15FO4. The fraction of sp³-hybridized carbons (Fsp3) is 0.455. The molecule has 1 aromatic carbocycles. The van der Waals surface area contributed by atoms with Crippen LogP contribution in [0.3, 0.4) is 0 Å². The number of benzene rings is 1. The van der Waals surface area contributed by atoms with Crippen LogP contribution in [-0.4, -0.2) is 32.7 Å². The molecule has 0 saturated carbocycles. The van der Waals surface area contributed by atoms with Gasteiger partial charge < -0.3 is 19.3 Å². The van der Waals surface area contributed by atoms with Gasteiger partial charge in [-0.05, 0) is 18.2 Å². The molecule has 5 heteroatoms. The number of hydrogen-bond acceptors (Lipinski definition) is 4. The highest BCUT2D eigenvalue weighted by Crippen LogP contribution is 2.29. The topological polar surface area (TPSA) is 47.9 Å². The van der Waals surface area contributed by atoms with Gasteiger partial charge in [-0.1, -0.05) is 0 Å². The molecule has 1 atom stereocenters. The van der Waals surface area contributed by atoms with Gasteiger partial charge >= 0.3 is 0 Å². The molecule has 0 spiro atoms. The number of hydrogen-bond donors (Lipinski definition) is 1. The maximum atomic E-state index is 13.1. The van der Waals surface area contributed by atoms with E-state index < -0.39 is 18.2 Å². The number of halogens is 1. The predicted molar refractivity (Wildman–Crippen MR) is 55.7 cm³/mol. The maximum Gasteiger partial charge on any atom is 0.187 e. The molecule has 0 radical (unpaired) electrons. The molecule has 0 aliphatic carbocycles. The molecule has 0 aliphatic rings. The Labute approximate surface area is 93.6 Å². The number of ether oxygens (including phenoxy) is 3. The lowest BCUT2D eigenvalue weighted by Gasteiger charge is -2.21. The minimum atomic E-state index is -1.11. The summed E-state index contributed by atoms with van der Waals surface area (Å²) in [5.74, 6) is -0.0752. The monoisotopic (exact) mass is 230 g/mol. The zero-order valence-corrected chi connectivity index (χ0v) is 9.44.